The van der Waals surface area contributed by atoms with Crippen molar-refractivity contribution < 1.29 is 4.42 Å². The van der Waals surface area contributed by atoms with Crippen LogP contribution in [0.1, 0.15) is 204 Å². The summed E-state index contributed by atoms with van der Waals surface area (Å²) in [4.78, 5) is 8.48. The second-order valence-electron chi connectivity index (χ2n) is 30.5. The maximum absolute atomic E-state index is 7.01. The SMILES string of the molecule is Cc1cc2c3cc1N1c4cc5c(cc4B4c6cc7c(cc6N(c6ccc8c(c6)C(C)(C)CCC8(C)C)c6cc(cc1c64)N1c4cc(ccc4C4(C)CCCCC14C)C3(C)CCC2(C)C)C(C)(C)CCC7(C)C)oc1ccccc15. The van der Waals surface area contributed by atoms with Crippen LogP contribution in [0.3, 0.4) is 0 Å². The van der Waals surface area contributed by atoms with Crippen molar-refractivity contribution in [2.24, 2.45) is 0 Å². The van der Waals surface area contributed by atoms with Crippen LogP contribution < -0.4 is 31.1 Å². The number of furan rings is 1. The van der Waals surface area contributed by atoms with E-state index in [1.807, 2.05) is 0 Å². The standard InChI is InChI=1S/C74H80BN3O/c1-43-33-51-55-41-58(43)77-60-38-48-47-19-15-16-20-64(47)79-65(48)42-57(60)75-56-39-53-54(70(8,9)30-29-69(53,6)7)40-61(56)76(45-22-24-49-52(35-45)68(4,5)28-27-67(49,2)3)62-36-46(37-63(77)66(62)75)78-59-34-44(72(55,12)32-31-71(51,10)11)21-23-50(59)73(13)25-17-18-26-74(73,78)14/h15-16,19-24,33-42H,17-18,25-32H2,1-14H3. The number of nitrogens with zero attached hydrogens (tertiary/aromatic N) is 3. The molecule has 0 radical (unpaired) electrons. The summed E-state index contributed by atoms with van der Waals surface area (Å²) in [6.45, 7) is 35.2. The molecule has 0 N–H and O–H groups in total. The highest BCUT2D eigenvalue weighted by molar-refractivity contribution is 7.00. The molecule has 1 fully saturated rings. The Morgan fingerprint density at radius 1 is 0.405 bits per heavy atom. The number of rotatable bonds is 1. The summed E-state index contributed by atoms with van der Waals surface area (Å²) >= 11 is 0. The lowest BCUT2D eigenvalue weighted by molar-refractivity contribution is 0.195. The van der Waals surface area contributed by atoms with Crippen molar-refractivity contribution in [3.05, 3.63) is 159 Å². The Bertz CT molecular complexity index is 4070. The van der Waals surface area contributed by atoms with Crippen molar-refractivity contribution in [2.75, 3.05) is 14.7 Å². The van der Waals surface area contributed by atoms with Crippen molar-refractivity contribution in [3.8, 4) is 0 Å². The van der Waals surface area contributed by atoms with Crippen LogP contribution in [-0.2, 0) is 37.9 Å². The van der Waals surface area contributed by atoms with Gasteiger partial charge in [0, 0.05) is 67.1 Å². The first-order valence-electron chi connectivity index (χ1n) is 30.5. The van der Waals surface area contributed by atoms with Gasteiger partial charge in [-0.1, -0.05) is 144 Å². The number of hydrogen-bond donors (Lipinski definition) is 0. The van der Waals surface area contributed by atoms with Crippen LogP contribution in [-0.4, -0.2) is 12.3 Å². The molecular formula is C74H80BN3O. The molecule has 4 aliphatic carbocycles. The topological polar surface area (TPSA) is 22.9 Å². The maximum Gasteiger partial charge on any atom is 0.252 e. The molecule has 3 atom stereocenters. The second kappa shape index (κ2) is 15.0. The normalized spacial score (nSPS) is 26.2. The smallest absolute Gasteiger partial charge is 0.252 e. The highest BCUT2D eigenvalue weighted by Crippen LogP contribution is 2.64. The highest BCUT2D eigenvalue weighted by Gasteiger charge is 2.59. The summed E-state index contributed by atoms with van der Waals surface area (Å²) < 4.78 is 7.01. The Morgan fingerprint density at radius 2 is 0.987 bits per heavy atom. The van der Waals surface area contributed by atoms with E-state index in [1.165, 1.54) is 155 Å². The summed E-state index contributed by atoms with van der Waals surface area (Å²) in [7, 11) is 0. The third-order valence-electron chi connectivity index (χ3n) is 23.8. The molecule has 5 heteroatoms. The molecule has 7 aromatic carbocycles. The summed E-state index contributed by atoms with van der Waals surface area (Å²) in [5, 5.41) is 2.35. The average Bonchev–Trinajstić information content (AvgIpc) is 3.41. The lowest BCUT2D eigenvalue weighted by Crippen LogP contribution is -2.62. The van der Waals surface area contributed by atoms with E-state index in [1.54, 1.807) is 0 Å². The zero-order chi connectivity index (χ0) is 54.7. The minimum atomic E-state index is -0.189. The van der Waals surface area contributed by atoms with Crippen LogP contribution in [0.15, 0.2) is 114 Å². The Morgan fingerprint density at radius 3 is 1.72 bits per heavy atom. The number of aryl methyl sites for hydroxylation is 1. The molecule has 4 aliphatic heterocycles. The fourth-order valence-electron chi connectivity index (χ4n) is 18.2. The Labute approximate surface area is 471 Å². The molecular weight excluding hydrogens is 958 g/mol. The summed E-state index contributed by atoms with van der Waals surface area (Å²) in [5.74, 6) is 0. The molecule has 0 amide bonds. The first-order valence-corrected chi connectivity index (χ1v) is 30.5. The molecule has 5 heterocycles. The van der Waals surface area contributed by atoms with Gasteiger partial charge in [-0.2, -0.15) is 0 Å². The first-order chi connectivity index (χ1) is 37.4. The summed E-state index contributed by atoms with van der Waals surface area (Å²) in [6.07, 6.45) is 11.7. The molecule has 8 aliphatic rings. The molecule has 6 bridgehead atoms. The third-order valence-corrected chi connectivity index (χ3v) is 23.8. The van der Waals surface area contributed by atoms with E-state index in [0.29, 0.717) is 0 Å². The fourth-order valence-corrected chi connectivity index (χ4v) is 18.2. The van der Waals surface area contributed by atoms with Gasteiger partial charge >= 0.3 is 0 Å². The summed E-state index contributed by atoms with van der Waals surface area (Å²) in [5.41, 5.74) is 29.6. The number of anilines is 8. The van der Waals surface area contributed by atoms with Crippen molar-refractivity contribution in [2.45, 2.75) is 205 Å². The predicted molar refractivity (Wildman–Crippen MR) is 335 cm³/mol. The number of para-hydroxylation sites is 1. The van der Waals surface area contributed by atoms with Crippen molar-refractivity contribution >= 4 is 90.5 Å². The van der Waals surface area contributed by atoms with Gasteiger partial charge in [-0.25, -0.2) is 0 Å². The average molecular weight is 1040 g/mol. The lowest BCUT2D eigenvalue weighted by atomic mass is 9.33. The van der Waals surface area contributed by atoms with E-state index in [2.05, 4.69) is 221 Å². The fraction of sp³-hybridized carbons (Fsp3) is 0.432. The largest absolute Gasteiger partial charge is 0.456 e. The molecule has 3 unspecified atom stereocenters. The monoisotopic (exact) mass is 1040 g/mol. The van der Waals surface area contributed by atoms with Gasteiger partial charge in [0.1, 0.15) is 11.2 Å². The molecule has 1 saturated carbocycles. The van der Waals surface area contributed by atoms with Crippen LogP contribution in [0.25, 0.3) is 21.9 Å². The molecule has 0 saturated heterocycles. The van der Waals surface area contributed by atoms with Crippen LogP contribution in [0, 0.1) is 6.92 Å². The molecule has 0 spiro atoms. The molecule has 8 aromatic rings. The van der Waals surface area contributed by atoms with Crippen molar-refractivity contribution in [1.29, 1.82) is 0 Å². The van der Waals surface area contributed by atoms with Gasteiger partial charge in [0.05, 0.1) is 5.54 Å². The molecule has 400 valence electrons. The Hall–Kier alpha value is -6.20. The number of benzene rings is 7. The van der Waals surface area contributed by atoms with Gasteiger partial charge in [0.25, 0.3) is 6.71 Å². The van der Waals surface area contributed by atoms with Crippen LogP contribution in [0.4, 0.5) is 45.5 Å². The maximum atomic E-state index is 7.01. The zero-order valence-electron chi connectivity index (χ0n) is 49.8. The van der Waals surface area contributed by atoms with E-state index in [-0.39, 0.29) is 50.2 Å². The van der Waals surface area contributed by atoms with Gasteiger partial charge in [-0.3, -0.25) is 0 Å². The van der Waals surface area contributed by atoms with Gasteiger partial charge < -0.3 is 19.1 Å². The summed E-state index contributed by atoms with van der Waals surface area (Å²) in [6, 6.07) is 45.4. The van der Waals surface area contributed by atoms with Gasteiger partial charge in [0.15, 0.2) is 0 Å². The van der Waals surface area contributed by atoms with E-state index in [9.17, 15) is 0 Å². The molecule has 16 rings (SSSR count). The van der Waals surface area contributed by atoms with Crippen molar-refractivity contribution in [1.82, 2.24) is 0 Å². The predicted octanol–water partition coefficient (Wildman–Crippen LogP) is 18.1. The number of fused-ring (bicyclic) bond motifs is 19. The Kier molecular flexibility index (Phi) is 9.26. The van der Waals surface area contributed by atoms with Gasteiger partial charge in [-0.05, 0) is 219 Å². The zero-order valence-corrected chi connectivity index (χ0v) is 49.8. The molecule has 1 aromatic heterocycles. The highest BCUT2D eigenvalue weighted by atomic mass is 16.3. The minimum Gasteiger partial charge on any atom is -0.456 e. The van der Waals surface area contributed by atoms with Crippen LogP contribution in [0.2, 0.25) is 0 Å². The van der Waals surface area contributed by atoms with Crippen LogP contribution in [0.5, 0.6) is 0 Å². The van der Waals surface area contributed by atoms with Gasteiger partial charge in [0.2, 0.25) is 0 Å². The van der Waals surface area contributed by atoms with Crippen molar-refractivity contribution in [3.63, 3.8) is 0 Å². The molecule has 79 heavy (non-hydrogen) atoms. The quantitative estimate of drug-likeness (QED) is 0.153. The minimum absolute atomic E-state index is 0.0141. The molecule has 4 nitrogen and oxygen atoms in total. The van der Waals surface area contributed by atoms with E-state index in [4.69, 9.17) is 4.42 Å². The van der Waals surface area contributed by atoms with E-state index >= 15 is 0 Å². The lowest BCUT2D eigenvalue weighted by Gasteiger charge is -2.51. The number of hydrogen-bond acceptors (Lipinski definition) is 4. The van der Waals surface area contributed by atoms with Gasteiger partial charge in [-0.15, -0.1) is 0 Å². The first kappa shape index (κ1) is 48.7. The second-order valence-corrected chi connectivity index (χ2v) is 30.5. The van der Waals surface area contributed by atoms with E-state index in [0.717, 1.165) is 43.3 Å². The van der Waals surface area contributed by atoms with E-state index < -0.39 is 0 Å². The Balaban J connectivity index is 1.10. The third kappa shape index (κ3) is 6.08. The van der Waals surface area contributed by atoms with Crippen LogP contribution >= 0.6 is 0 Å².